The molecule has 0 aliphatic carbocycles. The summed E-state index contributed by atoms with van der Waals surface area (Å²) in [7, 11) is 1.06. The van der Waals surface area contributed by atoms with Gasteiger partial charge in [0.05, 0.1) is 48.4 Å². The SMILES string of the molecule is C.C.C.COC(=O)C(=O)CN1C(=O)c2ccccc2C1=O.C[C@@H]1CN(Cc2ccccc2)CC1c1nnc(CN)c(=O)[nH]1.C[C@@H]1CN(Cc2ccccc2)C[C@H]1C(N)=NN.C[C@@H]1CN(Cc2ccccc2)C[C@H]1c1nnc(CN2C(=O)c3ccccc3C2=O)c(=O)[nH]1.NN.O.O=C(ON1C(=O)CCC1=O)C1CCOCC1. The number of hydrogen-bond donors (Lipinski definition) is 7. The van der Waals surface area contributed by atoms with Crippen molar-refractivity contribution in [2.75, 3.05) is 66.1 Å². The van der Waals surface area contributed by atoms with Gasteiger partial charge in [-0.25, -0.2) is 9.59 Å². The van der Waals surface area contributed by atoms with E-state index in [1.165, 1.54) is 28.8 Å². The Balaban J connectivity index is 0.000000251. The summed E-state index contributed by atoms with van der Waals surface area (Å²) < 4.78 is 9.34. The number of benzene rings is 5. The predicted molar refractivity (Wildman–Crippen MR) is 413 cm³/mol. The summed E-state index contributed by atoms with van der Waals surface area (Å²) >= 11 is 0. The monoisotopic (exact) mass is 1530 g/mol. The van der Waals surface area contributed by atoms with Crippen molar-refractivity contribution in [3.05, 3.63) is 222 Å². The van der Waals surface area contributed by atoms with Gasteiger partial charge >= 0.3 is 11.9 Å². The zero-order chi connectivity index (χ0) is 76.8. The lowest BCUT2D eigenvalue weighted by molar-refractivity contribution is -0.202. The number of nitrogens with one attached hydrogen (secondary N) is 2. The van der Waals surface area contributed by atoms with Crippen LogP contribution in [-0.4, -0.2) is 191 Å². The number of carbonyl (C=O) groups excluding carboxylic acids is 9. The quantitative estimate of drug-likeness (QED) is 0.0129. The summed E-state index contributed by atoms with van der Waals surface area (Å²) in [5.74, 6) is 11.2. The predicted octanol–water partition coefficient (Wildman–Crippen LogP) is 3.99. The average molecular weight is 1530 g/mol. The first-order valence-corrected chi connectivity index (χ1v) is 35.1. The van der Waals surface area contributed by atoms with Gasteiger partial charge in [-0.15, -0.1) is 25.5 Å². The van der Waals surface area contributed by atoms with Gasteiger partial charge < -0.3 is 47.1 Å². The van der Waals surface area contributed by atoms with Crippen LogP contribution in [-0.2, 0) is 71.0 Å². The first kappa shape index (κ1) is 90.3. The third kappa shape index (κ3) is 23.1. The number of nitrogens with zero attached hydrogens (tertiary/aromatic N) is 11. The van der Waals surface area contributed by atoms with Gasteiger partial charge in [-0.05, 0) is 71.6 Å². The fraction of sp³-hybridized carbons (Fsp3) is 0.410. The fourth-order valence-corrected chi connectivity index (χ4v) is 13.6. The number of likely N-dealkylation sites (tertiary alicyclic amines) is 3. The maximum absolute atomic E-state index is 12.7. The number of aromatic nitrogens is 6. The van der Waals surface area contributed by atoms with Crippen LogP contribution in [0.15, 0.2) is 154 Å². The number of amides is 6. The van der Waals surface area contributed by atoms with Gasteiger partial charge in [-0.2, -0.15) is 5.10 Å². The molecule has 0 bridgehead atoms. The van der Waals surface area contributed by atoms with Crippen LogP contribution >= 0.6 is 0 Å². The molecule has 5 fully saturated rings. The first-order chi connectivity index (χ1) is 51.6. The van der Waals surface area contributed by atoms with Crippen LogP contribution in [0.4, 0.5) is 0 Å². The molecular weight excluding hydrogens is 1430 g/mol. The molecule has 111 heavy (non-hydrogen) atoms. The van der Waals surface area contributed by atoms with Crippen molar-refractivity contribution in [1.82, 2.24) is 59.9 Å². The molecule has 596 valence electrons. The number of imide groups is 3. The third-order valence-corrected chi connectivity index (χ3v) is 19.3. The highest BCUT2D eigenvalue weighted by Crippen LogP contribution is 2.33. The molecule has 0 spiro atoms. The second-order valence-electron chi connectivity index (χ2n) is 26.8. The van der Waals surface area contributed by atoms with Crippen molar-refractivity contribution in [3.63, 3.8) is 0 Å². The van der Waals surface area contributed by atoms with Crippen molar-refractivity contribution < 1.29 is 62.9 Å². The Bertz CT molecular complexity index is 4360. The number of hydrazone groups is 1. The van der Waals surface area contributed by atoms with Crippen molar-refractivity contribution in [2.45, 2.75) is 113 Å². The Hall–Kier alpha value is -11.3. The van der Waals surface area contributed by atoms with E-state index in [9.17, 15) is 52.7 Å². The number of ketones is 1. The molecule has 7 aliphatic rings. The number of aromatic amines is 2. The van der Waals surface area contributed by atoms with E-state index in [1.807, 2.05) is 30.3 Å². The van der Waals surface area contributed by atoms with Gasteiger partial charge in [0.25, 0.3) is 52.3 Å². The fourth-order valence-electron chi connectivity index (χ4n) is 13.6. The molecule has 1 unspecified atom stereocenters. The van der Waals surface area contributed by atoms with E-state index in [0.29, 0.717) is 83.4 Å². The number of hydrazine groups is 1. The van der Waals surface area contributed by atoms with Crippen LogP contribution in [0.2, 0.25) is 0 Å². The van der Waals surface area contributed by atoms with Gasteiger partial charge in [0, 0.05) is 109 Å². The number of hydroxylamine groups is 2. The Morgan fingerprint density at radius 1 is 0.523 bits per heavy atom. The van der Waals surface area contributed by atoms with Gasteiger partial charge in [0.15, 0.2) is 0 Å². The number of hydrogen-bond acceptors (Lipinski definition) is 26. The minimum atomic E-state index is -1.08. The molecule has 5 aromatic carbocycles. The molecule has 33 nitrogen and oxygen atoms in total. The number of nitrogens with two attached hydrogens (primary N) is 5. The van der Waals surface area contributed by atoms with Gasteiger partial charge in [0.2, 0.25) is 0 Å². The third-order valence-electron chi connectivity index (χ3n) is 19.3. The van der Waals surface area contributed by atoms with Crippen LogP contribution in [0.5, 0.6) is 0 Å². The maximum Gasteiger partial charge on any atom is 0.376 e. The van der Waals surface area contributed by atoms with E-state index in [2.05, 4.69) is 148 Å². The lowest BCUT2D eigenvalue weighted by atomic mass is 9.97. The molecule has 7 aliphatic heterocycles. The summed E-state index contributed by atoms with van der Waals surface area (Å²) in [6, 6.07) is 44.0. The summed E-state index contributed by atoms with van der Waals surface area (Å²) in [6.45, 7) is 15.2. The van der Waals surface area contributed by atoms with Crippen LogP contribution in [0.25, 0.3) is 0 Å². The number of ether oxygens (including phenoxy) is 2. The van der Waals surface area contributed by atoms with Crippen LogP contribution in [0, 0.1) is 29.6 Å². The highest BCUT2D eigenvalue weighted by Gasteiger charge is 2.41. The normalized spacial score (nSPS) is 19.9. The van der Waals surface area contributed by atoms with E-state index in [4.69, 9.17) is 26.9 Å². The molecular formula is C78H104N18O15. The molecule has 6 atom stereocenters. The largest absolute Gasteiger partial charge is 0.463 e. The molecule has 33 heteroatoms. The van der Waals surface area contributed by atoms with E-state index in [-0.39, 0.29) is 99.5 Å². The number of H-pyrrole nitrogens is 2. The van der Waals surface area contributed by atoms with Gasteiger partial charge in [-0.3, -0.25) is 79.3 Å². The van der Waals surface area contributed by atoms with Crippen molar-refractivity contribution >= 4 is 59.0 Å². The van der Waals surface area contributed by atoms with Gasteiger partial charge in [-0.1, -0.05) is 158 Å². The molecule has 7 aromatic rings. The van der Waals surface area contributed by atoms with Crippen molar-refractivity contribution in [1.29, 1.82) is 0 Å². The number of esters is 1. The minimum absolute atomic E-state index is 0. The summed E-state index contributed by atoms with van der Waals surface area (Å²) in [6.07, 6.45) is 1.41. The Kier molecular flexibility index (Phi) is 35.1. The second-order valence-corrected chi connectivity index (χ2v) is 26.8. The van der Waals surface area contributed by atoms with Crippen molar-refractivity contribution in [3.8, 4) is 0 Å². The molecule has 0 saturated carbocycles. The highest BCUT2D eigenvalue weighted by atomic mass is 16.7. The van der Waals surface area contributed by atoms with Crippen LogP contribution in [0.3, 0.4) is 0 Å². The summed E-state index contributed by atoms with van der Waals surface area (Å²) in [5, 5.41) is 20.7. The lowest BCUT2D eigenvalue weighted by Crippen LogP contribution is -2.37. The number of amidine groups is 1. The first-order valence-electron chi connectivity index (χ1n) is 35.1. The molecule has 2 aromatic heterocycles. The number of fused-ring (bicyclic) bond motifs is 2. The number of Topliss-reactive ketones (excluding diaryl/α,β-unsaturated/α-hetero) is 1. The van der Waals surface area contributed by atoms with Gasteiger partial charge in [0.1, 0.15) is 28.9 Å². The second kappa shape index (κ2) is 43.2. The van der Waals surface area contributed by atoms with Crippen LogP contribution < -0.4 is 40.1 Å². The van der Waals surface area contributed by atoms with E-state index in [1.54, 1.807) is 36.4 Å². The van der Waals surface area contributed by atoms with E-state index >= 15 is 0 Å². The molecule has 14 rings (SSSR count). The lowest BCUT2D eigenvalue weighted by Gasteiger charge is -2.22. The Labute approximate surface area is 644 Å². The summed E-state index contributed by atoms with van der Waals surface area (Å²) in [5.41, 5.74) is 16.0. The smallest absolute Gasteiger partial charge is 0.376 e. The maximum atomic E-state index is 12.7. The molecule has 14 N–H and O–H groups in total. The molecule has 6 amide bonds. The van der Waals surface area contributed by atoms with E-state index < -0.39 is 65.3 Å². The van der Waals surface area contributed by atoms with Crippen LogP contribution in [0.1, 0.15) is 162 Å². The Morgan fingerprint density at radius 3 is 1.29 bits per heavy atom. The van der Waals surface area contributed by atoms with Crippen molar-refractivity contribution in [2.24, 2.45) is 63.7 Å². The topological polar surface area (TPSA) is 492 Å². The molecule has 9 heterocycles. The molecule has 5 saturated heterocycles. The zero-order valence-electron chi connectivity index (χ0n) is 60.6. The summed E-state index contributed by atoms with van der Waals surface area (Å²) in [4.78, 5) is 149. The average Bonchev–Trinajstić information content (AvgIpc) is 1.64. The standard InChI is InChI=1S/C24H23N5O3.C16H21N5O.C13H20N4.C12H9NO5.C10H13NO5.3CH4.H4N2.H2O/c1-15-11-28(12-16-7-3-2-4-8-16)13-19(15)21-25-22(30)20(26-27-21)14-29-23(31)17-9-5-6-10-18(17)24(29)32;1-11-8-21(9-12-5-3-2-4-6-12)10-13(11)15-18-16(22)14(7-17)19-20-15;1-10-7-17(9-12(10)13(14)16-15)8-11-5-3-2-4-6-11;1-18-12(17)9(14)6-13-10(15)7-4-2-3-5-8(7)11(13)16;12-8-1-2-9(13)11(8)16-10(14)7-3-5-15-6-4-7;;;;1-2;/h2-10,15,19H,11-14H2,1H3,(H,25,27,30);2-6,11,13H,7-10,17H2,1H3,(H,18,20,22);2-6,10,12H,7-9,15H2,1H3,(H2,14,16);2-5H,6H2,1H3;7H,1-6H2;3*1H4;1-2H2;1H2/t15-,19-;11-,13?;10-,12-;;;;;;;/m111......./s1. The zero-order valence-corrected chi connectivity index (χ0v) is 60.6. The molecule has 0 radical (unpaired) electrons. The highest BCUT2D eigenvalue weighted by molar-refractivity contribution is 6.36. The Morgan fingerprint density at radius 2 is 0.901 bits per heavy atom. The number of carbonyl (C=O) groups is 9. The number of rotatable bonds is 17. The minimum Gasteiger partial charge on any atom is -0.463 e. The number of methoxy groups -OCH3 is 1. The van der Waals surface area contributed by atoms with E-state index in [0.717, 1.165) is 75.8 Å².